The van der Waals surface area contributed by atoms with Gasteiger partial charge < -0.3 is 14.2 Å². The Kier molecular flexibility index (Phi) is 3.71. The van der Waals surface area contributed by atoms with Gasteiger partial charge in [0.05, 0.1) is 7.11 Å². The number of ether oxygens (including phenoxy) is 3. The van der Waals surface area contributed by atoms with Crippen LogP contribution < -0.4 is 9.47 Å². The fourth-order valence-electron chi connectivity index (χ4n) is 1.77. The highest BCUT2D eigenvalue weighted by Crippen LogP contribution is 2.34. The Labute approximate surface area is 104 Å². The molecule has 0 aliphatic heterocycles. The van der Waals surface area contributed by atoms with Gasteiger partial charge in [0.2, 0.25) is 0 Å². The van der Waals surface area contributed by atoms with E-state index < -0.39 is 0 Å². The van der Waals surface area contributed by atoms with Crippen molar-refractivity contribution in [1.82, 2.24) is 0 Å². The van der Waals surface area contributed by atoms with E-state index in [4.69, 9.17) is 14.2 Å². The lowest BCUT2D eigenvalue weighted by atomic mass is 9.91. The normalized spacial score (nSPS) is 28.3. The highest BCUT2D eigenvalue weighted by Gasteiger charge is 2.41. The molecule has 0 spiro atoms. The monoisotopic (exact) mass is 286 g/mol. The first-order valence-corrected chi connectivity index (χ1v) is 6.13. The number of hydrogen-bond acceptors (Lipinski definition) is 3. The van der Waals surface area contributed by atoms with Crippen LogP contribution in [0.2, 0.25) is 0 Å². The van der Waals surface area contributed by atoms with E-state index in [2.05, 4.69) is 15.9 Å². The van der Waals surface area contributed by atoms with Gasteiger partial charge in [-0.25, -0.2) is 0 Å². The summed E-state index contributed by atoms with van der Waals surface area (Å²) in [7, 11) is 3.36. The molecule has 3 nitrogen and oxygen atoms in total. The van der Waals surface area contributed by atoms with Crippen LogP contribution in [0.4, 0.5) is 0 Å². The topological polar surface area (TPSA) is 27.7 Å². The number of alkyl halides is 1. The molecule has 0 amide bonds. The zero-order valence-corrected chi connectivity index (χ0v) is 10.9. The summed E-state index contributed by atoms with van der Waals surface area (Å²) in [5.41, 5.74) is 0. The molecule has 0 heterocycles. The van der Waals surface area contributed by atoms with E-state index >= 15 is 0 Å². The molecule has 0 bridgehead atoms. The Bertz CT molecular complexity index is 339. The van der Waals surface area contributed by atoms with Gasteiger partial charge >= 0.3 is 0 Å². The maximum atomic E-state index is 5.81. The third-order valence-electron chi connectivity index (χ3n) is 2.80. The highest BCUT2D eigenvalue weighted by atomic mass is 79.9. The van der Waals surface area contributed by atoms with E-state index in [0.29, 0.717) is 4.83 Å². The molecule has 0 N–H and O–H groups in total. The second kappa shape index (κ2) is 5.06. The van der Waals surface area contributed by atoms with Gasteiger partial charge in [-0.2, -0.15) is 0 Å². The van der Waals surface area contributed by atoms with Crippen molar-refractivity contribution in [3.05, 3.63) is 24.3 Å². The molecule has 16 heavy (non-hydrogen) atoms. The summed E-state index contributed by atoms with van der Waals surface area (Å²) >= 11 is 3.54. The molecule has 0 aromatic heterocycles. The van der Waals surface area contributed by atoms with Crippen molar-refractivity contribution in [1.29, 1.82) is 0 Å². The van der Waals surface area contributed by atoms with Gasteiger partial charge in [-0.1, -0.05) is 15.9 Å². The number of rotatable bonds is 4. The zero-order chi connectivity index (χ0) is 11.5. The molecule has 1 fully saturated rings. The Morgan fingerprint density at radius 3 is 2.25 bits per heavy atom. The molecule has 1 aliphatic carbocycles. The van der Waals surface area contributed by atoms with E-state index in [1.807, 2.05) is 24.3 Å². The van der Waals surface area contributed by atoms with Crippen LogP contribution in [0.3, 0.4) is 0 Å². The Morgan fingerprint density at radius 1 is 1.12 bits per heavy atom. The zero-order valence-electron chi connectivity index (χ0n) is 9.35. The van der Waals surface area contributed by atoms with Crippen LogP contribution in [-0.2, 0) is 4.74 Å². The Morgan fingerprint density at radius 2 is 1.75 bits per heavy atom. The fourth-order valence-corrected chi connectivity index (χ4v) is 2.70. The molecule has 1 aliphatic rings. The SMILES string of the molecule is COc1ccc(OC2CC(Br)C2OC)cc1. The summed E-state index contributed by atoms with van der Waals surface area (Å²) in [6, 6.07) is 7.60. The molecular formula is C12H15BrO3. The highest BCUT2D eigenvalue weighted by molar-refractivity contribution is 9.09. The van der Waals surface area contributed by atoms with Gasteiger partial charge in [-0.15, -0.1) is 0 Å². The first-order valence-electron chi connectivity index (χ1n) is 5.22. The third kappa shape index (κ3) is 2.33. The van der Waals surface area contributed by atoms with Gasteiger partial charge in [-0.3, -0.25) is 0 Å². The summed E-state index contributed by atoms with van der Waals surface area (Å²) in [6.45, 7) is 0. The van der Waals surface area contributed by atoms with Crippen molar-refractivity contribution in [2.45, 2.75) is 23.5 Å². The van der Waals surface area contributed by atoms with Crippen molar-refractivity contribution in [3.8, 4) is 11.5 Å². The second-order valence-electron chi connectivity index (χ2n) is 3.78. The van der Waals surface area contributed by atoms with E-state index in [1.54, 1.807) is 14.2 Å². The lowest BCUT2D eigenvalue weighted by molar-refractivity contribution is -0.0545. The maximum Gasteiger partial charge on any atom is 0.127 e. The van der Waals surface area contributed by atoms with Crippen LogP contribution in [0.5, 0.6) is 11.5 Å². The van der Waals surface area contributed by atoms with Crippen LogP contribution in [0.1, 0.15) is 6.42 Å². The van der Waals surface area contributed by atoms with Gasteiger partial charge in [0, 0.05) is 18.4 Å². The average molecular weight is 287 g/mol. The van der Waals surface area contributed by atoms with Crippen molar-refractivity contribution < 1.29 is 14.2 Å². The van der Waals surface area contributed by atoms with Crippen LogP contribution in [0.15, 0.2) is 24.3 Å². The van der Waals surface area contributed by atoms with E-state index in [1.165, 1.54) is 0 Å². The molecule has 4 heteroatoms. The summed E-state index contributed by atoms with van der Waals surface area (Å²) in [5.74, 6) is 1.69. The van der Waals surface area contributed by atoms with Crippen LogP contribution in [-0.4, -0.2) is 31.3 Å². The van der Waals surface area contributed by atoms with Crippen molar-refractivity contribution in [2.75, 3.05) is 14.2 Å². The average Bonchev–Trinajstić information content (AvgIpc) is 2.30. The number of halogens is 1. The largest absolute Gasteiger partial charge is 0.497 e. The van der Waals surface area contributed by atoms with Gasteiger partial charge in [0.25, 0.3) is 0 Å². The smallest absolute Gasteiger partial charge is 0.127 e. The van der Waals surface area contributed by atoms with Crippen LogP contribution >= 0.6 is 15.9 Å². The molecule has 1 saturated carbocycles. The van der Waals surface area contributed by atoms with Crippen molar-refractivity contribution in [3.63, 3.8) is 0 Å². The van der Waals surface area contributed by atoms with Crippen LogP contribution in [0.25, 0.3) is 0 Å². The first-order chi connectivity index (χ1) is 7.74. The molecular weight excluding hydrogens is 272 g/mol. The van der Waals surface area contributed by atoms with Crippen molar-refractivity contribution >= 4 is 15.9 Å². The van der Waals surface area contributed by atoms with E-state index in [-0.39, 0.29) is 12.2 Å². The maximum absolute atomic E-state index is 5.81. The summed E-state index contributed by atoms with van der Waals surface area (Å²) in [4.78, 5) is 0.403. The van der Waals surface area contributed by atoms with E-state index in [9.17, 15) is 0 Å². The summed E-state index contributed by atoms with van der Waals surface area (Å²) in [6.07, 6.45) is 1.26. The predicted octanol–water partition coefficient (Wildman–Crippen LogP) is 2.62. The summed E-state index contributed by atoms with van der Waals surface area (Å²) in [5, 5.41) is 0. The minimum atomic E-state index is 0.141. The minimum absolute atomic E-state index is 0.141. The Balaban J connectivity index is 1.94. The molecule has 0 radical (unpaired) electrons. The first kappa shape index (κ1) is 11.7. The van der Waals surface area contributed by atoms with Gasteiger partial charge in [-0.05, 0) is 24.3 Å². The molecule has 0 saturated heterocycles. The van der Waals surface area contributed by atoms with Crippen molar-refractivity contribution in [2.24, 2.45) is 0 Å². The lowest BCUT2D eigenvalue weighted by Crippen LogP contribution is -2.51. The molecule has 3 atom stereocenters. The molecule has 88 valence electrons. The van der Waals surface area contributed by atoms with Gasteiger partial charge in [0.1, 0.15) is 23.7 Å². The lowest BCUT2D eigenvalue weighted by Gasteiger charge is -2.40. The quantitative estimate of drug-likeness (QED) is 0.797. The molecule has 3 unspecified atom stereocenters. The predicted molar refractivity (Wildman–Crippen MR) is 65.5 cm³/mol. The summed E-state index contributed by atoms with van der Waals surface area (Å²) < 4.78 is 16.2. The minimum Gasteiger partial charge on any atom is -0.497 e. The molecule has 1 aromatic carbocycles. The second-order valence-corrected chi connectivity index (χ2v) is 4.96. The van der Waals surface area contributed by atoms with Gasteiger partial charge in [0.15, 0.2) is 0 Å². The number of benzene rings is 1. The fraction of sp³-hybridized carbons (Fsp3) is 0.500. The Hall–Kier alpha value is -0.740. The number of methoxy groups -OCH3 is 2. The standard InChI is InChI=1S/C12H15BrO3/c1-14-8-3-5-9(6-4-8)16-11-7-10(13)12(11)15-2/h3-6,10-12H,7H2,1-2H3. The third-order valence-corrected chi connectivity index (χ3v) is 3.69. The molecule has 2 rings (SSSR count). The number of hydrogen-bond donors (Lipinski definition) is 0. The molecule has 1 aromatic rings. The van der Waals surface area contributed by atoms with Crippen LogP contribution in [0, 0.1) is 0 Å². The van der Waals surface area contributed by atoms with E-state index in [0.717, 1.165) is 17.9 Å².